The van der Waals surface area contributed by atoms with E-state index in [4.69, 9.17) is 4.74 Å². The van der Waals surface area contributed by atoms with Gasteiger partial charge in [0, 0.05) is 45.3 Å². The quantitative estimate of drug-likeness (QED) is 0.482. The molecule has 36 heavy (non-hydrogen) atoms. The van der Waals surface area contributed by atoms with Gasteiger partial charge in [0.05, 0.1) is 36.6 Å². The van der Waals surface area contributed by atoms with Crippen molar-refractivity contribution in [1.29, 1.82) is 0 Å². The molecule has 4 heterocycles. The third kappa shape index (κ3) is 5.29. The van der Waals surface area contributed by atoms with Gasteiger partial charge in [0.15, 0.2) is 0 Å². The average Bonchev–Trinajstić information content (AvgIpc) is 3.59. The smallest absolute Gasteiger partial charge is 0.310 e. The predicted octanol–water partition coefficient (Wildman–Crippen LogP) is 0.741. The van der Waals surface area contributed by atoms with Crippen LogP contribution in [0.5, 0.6) is 0 Å². The number of hydrogen-bond donors (Lipinski definition) is 1. The molecule has 1 amide bonds. The summed E-state index contributed by atoms with van der Waals surface area (Å²) in [5, 5.41) is 22.8. The van der Waals surface area contributed by atoms with E-state index in [1.54, 1.807) is 14.3 Å². The first-order chi connectivity index (χ1) is 17.5. The van der Waals surface area contributed by atoms with E-state index in [9.17, 15) is 14.7 Å². The number of amides is 1. The minimum absolute atomic E-state index is 0.102. The summed E-state index contributed by atoms with van der Waals surface area (Å²) in [7, 11) is 0. The van der Waals surface area contributed by atoms with Gasteiger partial charge in [-0.2, -0.15) is 0 Å². The number of aromatic nitrogens is 6. The fourth-order valence-electron chi connectivity index (χ4n) is 4.76. The molecule has 1 aromatic carbocycles. The van der Waals surface area contributed by atoms with Crippen molar-refractivity contribution in [3.8, 4) is 5.69 Å². The number of carbonyl (C=O) groups excluding carboxylic acids is 1. The van der Waals surface area contributed by atoms with Crippen LogP contribution in [0.3, 0.4) is 0 Å². The van der Waals surface area contributed by atoms with Gasteiger partial charge in [0.1, 0.15) is 6.33 Å². The minimum atomic E-state index is -0.987. The molecule has 0 aliphatic carbocycles. The van der Waals surface area contributed by atoms with Crippen LogP contribution >= 0.6 is 0 Å². The molecule has 2 fully saturated rings. The molecule has 12 heteroatoms. The summed E-state index contributed by atoms with van der Waals surface area (Å²) in [6.07, 6.45) is 4.28. The zero-order valence-electron chi connectivity index (χ0n) is 20.1. The highest BCUT2D eigenvalue weighted by Crippen LogP contribution is 2.35. The van der Waals surface area contributed by atoms with E-state index in [2.05, 4.69) is 25.3 Å². The maximum absolute atomic E-state index is 13.0. The van der Waals surface area contributed by atoms with E-state index >= 15 is 0 Å². The van der Waals surface area contributed by atoms with Crippen LogP contribution in [0.15, 0.2) is 42.9 Å². The molecule has 3 aromatic rings. The third-order valence-corrected chi connectivity index (χ3v) is 7.02. The van der Waals surface area contributed by atoms with Crippen molar-refractivity contribution in [2.75, 3.05) is 45.9 Å². The Morgan fingerprint density at radius 2 is 1.78 bits per heavy atom. The van der Waals surface area contributed by atoms with E-state index in [0.29, 0.717) is 38.2 Å². The SMILES string of the molecule is O=C(c1ncn(-c2ccccc2)n1)N1CCC(Cc2cn(CCN3CCOCC3)nn2)(C(=O)O)CC1. The molecule has 190 valence electrons. The number of carboxylic acids is 1. The van der Waals surface area contributed by atoms with Crippen molar-refractivity contribution in [2.45, 2.75) is 25.8 Å². The second-order valence-corrected chi connectivity index (χ2v) is 9.33. The van der Waals surface area contributed by atoms with Gasteiger partial charge in [0.25, 0.3) is 5.91 Å². The van der Waals surface area contributed by atoms with Crippen LogP contribution in [0.1, 0.15) is 29.2 Å². The largest absolute Gasteiger partial charge is 0.481 e. The second-order valence-electron chi connectivity index (χ2n) is 9.33. The monoisotopic (exact) mass is 494 g/mol. The number of piperidine rings is 1. The highest BCUT2D eigenvalue weighted by Gasteiger charge is 2.43. The molecular weight excluding hydrogens is 464 g/mol. The number of rotatable bonds is 8. The molecule has 0 unspecified atom stereocenters. The number of morpholine rings is 1. The number of benzene rings is 1. The number of ether oxygens (including phenoxy) is 1. The molecule has 0 spiro atoms. The van der Waals surface area contributed by atoms with Gasteiger partial charge in [-0.15, -0.1) is 10.2 Å². The van der Waals surface area contributed by atoms with Crippen LogP contribution in [0.4, 0.5) is 0 Å². The molecule has 2 aliphatic rings. The molecule has 0 saturated carbocycles. The van der Waals surface area contributed by atoms with Crippen LogP contribution in [0, 0.1) is 5.41 Å². The first-order valence-corrected chi connectivity index (χ1v) is 12.2. The minimum Gasteiger partial charge on any atom is -0.481 e. The standard InChI is InChI=1S/C24H30N8O4/c33-22(21-25-18-32(27-21)20-4-2-1-3-5-20)30-8-6-24(7-9-30,23(34)35)16-19-17-31(28-26-19)11-10-29-12-14-36-15-13-29/h1-5,17-18H,6-16H2,(H,34,35). The van der Waals surface area contributed by atoms with E-state index in [-0.39, 0.29) is 18.2 Å². The number of para-hydroxylation sites is 1. The molecule has 1 N–H and O–H groups in total. The Morgan fingerprint density at radius 1 is 1.03 bits per heavy atom. The van der Waals surface area contributed by atoms with Crippen LogP contribution in [0.25, 0.3) is 5.69 Å². The number of likely N-dealkylation sites (tertiary alicyclic amines) is 1. The zero-order valence-corrected chi connectivity index (χ0v) is 20.1. The number of carbonyl (C=O) groups is 2. The summed E-state index contributed by atoms with van der Waals surface area (Å²) in [5.41, 5.74) is 0.478. The van der Waals surface area contributed by atoms with Gasteiger partial charge in [-0.3, -0.25) is 19.2 Å². The fourth-order valence-corrected chi connectivity index (χ4v) is 4.76. The lowest BCUT2D eigenvalue weighted by molar-refractivity contribution is -0.151. The first kappa shape index (κ1) is 24.1. The average molecular weight is 495 g/mol. The molecule has 2 aromatic heterocycles. The normalized spacial score (nSPS) is 18.3. The van der Waals surface area contributed by atoms with Crippen LogP contribution in [0.2, 0.25) is 0 Å². The van der Waals surface area contributed by atoms with E-state index in [1.807, 2.05) is 36.5 Å². The number of nitrogens with zero attached hydrogens (tertiary/aromatic N) is 8. The van der Waals surface area contributed by atoms with Crippen molar-refractivity contribution in [1.82, 2.24) is 39.6 Å². The lowest BCUT2D eigenvalue weighted by Crippen LogP contribution is -2.47. The fraction of sp³-hybridized carbons (Fsp3) is 0.500. The summed E-state index contributed by atoms with van der Waals surface area (Å²) >= 11 is 0. The Labute approximate surface area is 208 Å². The molecule has 0 atom stereocenters. The van der Waals surface area contributed by atoms with Gasteiger partial charge in [-0.25, -0.2) is 9.67 Å². The van der Waals surface area contributed by atoms with Gasteiger partial charge >= 0.3 is 5.97 Å². The molecule has 0 bridgehead atoms. The Balaban J connectivity index is 1.18. The highest BCUT2D eigenvalue weighted by atomic mass is 16.5. The van der Waals surface area contributed by atoms with Crippen molar-refractivity contribution < 1.29 is 19.4 Å². The Morgan fingerprint density at radius 3 is 2.50 bits per heavy atom. The van der Waals surface area contributed by atoms with E-state index in [0.717, 1.165) is 38.5 Å². The van der Waals surface area contributed by atoms with Gasteiger partial charge < -0.3 is 14.7 Å². The van der Waals surface area contributed by atoms with Crippen LogP contribution in [-0.2, 0) is 22.5 Å². The van der Waals surface area contributed by atoms with E-state index < -0.39 is 11.4 Å². The summed E-state index contributed by atoms with van der Waals surface area (Å²) in [5.74, 6) is -1.06. The summed E-state index contributed by atoms with van der Waals surface area (Å²) in [6, 6.07) is 9.43. The summed E-state index contributed by atoms with van der Waals surface area (Å²) < 4.78 is 8.70. The second kappa shape index (κ2) is 10.5. The van der Waals surface area contributed by atoms with Crippen LogP contribution in [-0.4, -0.2) is 102 Å². The van der Waals surface area contributed by atoms with Gasteiger partial charge in [0.2, 0.25) is 5.82 Å². The van der Waals surface area contributed by atoms with E-state index in [1.165, 1.54) is 6.33 Å². The highest BCUT2D eigenvalue weighted by molar-refractivity contribution is 5.90. The molecule has 12 nitrogen and oxygen atoms in total. The molecular formula is C24H30N8O4. The predicted molar refractivity (Wildman–Crippen MR) is 128 cm³/mol. The van der Waals surface area contributed by atoms with Crippen molar-refractivity contribution in [2.24, 2.45) is 5.41 Å². The van der Waals surface area contributed by atoms with Gasteiger partial charge in [-0.05, 0) is 25.0 Å². The molecule has 5 rings (SSSR count). The van der Waals surface area contributed by atoms with Crippen molar-refractivity contribution >= 4 is 11.9 Å². The topological polar surface area (TPSA) is 132 Å². The Bertz CT molecular complexity index is 1180. The third-order valence-electron chi connectivity index (χ3n) is 7.02. The number of aliphatic carboxylic acids is 1. The molecule has 0 radical (unpaired) electrons. The zero-order chi connectivity index (χ0) is 25.0. The lowest BCUT2D eigenvalue weighted by Gasteiger charge is -2.38. The first-order valence-electron chi connectivity index (χ1n) is 12.2. The maximum Gasteiger partial charge on any atom is 0.310 e. The van der Waals surface area contributed by atoms with Crippen LogP contribution < -0.4 is 0 Å². The summed E-state index contributed by atoms with van der Waals surface area (Å²) in [6.45, 7) is 5.47. The summed E-state index contributed by atoms with van der Waals surface area (Å²) in [4.78, 5) is 33.4. The molecule has 2 saturated heterocycles. The lowest BCUT2D eigenvalue weighted by atomic mass is 9.75. The van der Waals surface area contributed by atoms with Crippen molar-refractivity contribution in [3.63, 3.8) is 0 Å². The molecule has 2 aliphatic heterocycles. The Kier molecular flexibility index (Phi) is 7.05. The maximum atomic E-state index is 13.0. The van der Waals surface area contributed by atoms with Gasteiger partial charge in [-0.1, -0.05) is 23.4 Å². The Hall–Kier alpha value is -3.64. The van der Waals surface area contributed by atoms with Crippen molar-refractivity contribution in [3.05, 3.63) is 54.4 Å². The number of hydrogen-bond acceptors (Lipinski definition) is 8. The number of carboxylic acid groups (broad SMARTS) is 1.